The molecule has 1 N–H and O–H groups in total. The van der Waals surface area contributed by atoms with Crippen LogP contribution in [0.4, 0.5) is 5.69 Å². The Balaban J connectivity index is 1.61. The third-order valence-electron chi connectivity index (χ3n) is 6.36. The van der Waals surface area contributed by atoms with E-state index in [1.807, 2.05) is 6.92 Å². The van der Waals surface area contributed by atoms with Crippen LogP contribution in [0.2, 0.25) is 5.02 Å². The molecular formula is C30H24ClNO7. The molecule has 3 aromatic carbocycles. The number of amides is 1. The molecule has 1 aliphatic rings. The van der Waals surface area contributed by atoms with E-state index >= 15 is 0 Å². The van der Waals surface area contributed by atoms with Crippen molar-refractivity contribution in [1.82, 2.24) is 0 Å². The van der Waals surface area contributed by atoms with Crippen molar-refractivity contribution in [2.24, 2.45) is 0 Å². The van der Waals surface area contributed by atoms with E-state index in [1.165, 1.54) is 24.1 Å². The number of hydrogen-bond donors (Lipinski definition) is 1. The van der Waals surface area contributed by atoms with Gasteiger partial charge in [-0.05, 0) is 42.3 Å². The number of esters is 1. The monoisotopic (exact) mass is 545 g/mol. The maximum absolute atomic E-state index is 13.9. The van der Waals surface area contributed by atoms with Gasteiger partial charge >= 0.3 is 5.97 Å². The second kappa shape index (κ2) is 10.7. The molecule has 0 spiro atoms. The number of methoxy groups -OCH3 is 1. The van der Waals surface area contributed by atoms with E-state index in [2.05, 4.69) is 0 Å². The van der Waals surface area contributed by atoms with Crippen molar-refractivity contribution >= 4 is 45.9 Å². The lowest BCUT2D eigenvalue weighted by Crippen LogP contribution is -2.31. The van der Waals surface area contributed by atoms with Gasteiger partial charge in [0, 0.05) is 22.2 Å². The van der Waals surface area contributed by atoms with Crippen molar-refractivity contribution < 1.29 is 33.4 Å². The maximum atomic E-state index is 13.9. The number of hydrogen-bond acceptors (Lipinski definition) is 7. The summed E-state index contributed by atoms with van der Waals surface area (Å²) in [6, 6.07) is 18.8. The van der Waals surface area contributed by atoms with Gasteiger partial charge in [-0.1, -0.05) is 54.9 Å². The Kier molecular flexibility index (Phi) is 7.13. The van der Waals surface area contributed by atoms with Crippen molar-refractivity contribution in [2.45, 2.75) is 19.4 Å². The number of nitrogens with zero attached hydrogens (tertiary/aromatic N) is 1. The van der Waals surface area contributed by atoms with Gasteiger partial charge in [0.05, 0.1) is 30.9 Å². The minimum Gasteiger partial charge on any atom is -0.503 e. The maximum Gasteiger partial charge on any atom is 0.338 e. The summed E-state index contributed by atoms with van der Waals surface area (Å²) < 4.78 is 16.4. The van der Waals surface area contributed by atoms with Crippen LogP contribution in [0.15, 0.2) is 88.5 Å². The molecular weight excluding hydrogens is 522 g/mol. The zero-order valence-corrected chi connectivity index (χ0v) is 21.9. The number of aliphatic hydroxyl groups is 1. The van der Waals surface area contributed by atoms with Crippen molar-refractivity contribution in [3.05, 3.63) is 106 Å². The lowest BCUT2D eigenvalue weighted by atomic mass is 9.94. The molecule has 0 bridgehead atoms. The first-order chi connectivity index (χ1) is 18.8. The quantitative estimate of drug-likeness (QED) is 0.200. The summed E-state index contributed by atoms with van der Waals surface area (Å²) >= 11 is 6.17. The lowest BCUT2D eigenvalue weighted by molar-refractivity contribution is -0.117. The summed E-state index contributed by atoms with van der Waals surface area (Å²) in [5.41, 5.74) is 1.28. The van der Waals surface area contributed by atoms with Gasteiger partial charge < -0.3 is 19.0 Å². The third-order valence-corrected chi connectivity index (χ3v) is 6.57. The molecule has 2 heterocycles. The molecule has 39 heavy (non-hydrogen) atoms. The smallest absolute Gasteiger partial charge is 0.338 e. The highest BCUT2D eigenvalue weighted by Crippen LogP contribution is 2.43. The molecule has 0 saturated carbocycles. The fourth-order valence-electron chi connectivity index (χ4n) is 4.60. The van der Waals surface area contributed by atoms with Crippen LogP contribution in [0.5, 0.6) is 5.75 Å². The van der Waals surface area contributed by atoms with E-state index in [0.717, 1.165) is 0 Å². The molecule has 1 atom stereocenters. The van der Waals surface area contributed by atoms with Gasteiger partial charge in [0.25, 0.3) is 5.91 Å². The Bertz CT molecular complexity index is 1620. The van der Waals surface area contributed by atoms with Crippen LogP contribution < -0.4 is 9.64 Å². The molecule has 198 valence electrons. The van der Waals surface area contributed by atoms with Crippen molar-refractivity contribution in [2.75, 3.05) is 18.6 Å². The molecule has 1 unspecified atom stereocenters. The second-order valence-electron chi connectivity index (χ2n) is 8.90. The first-order valence-electron chi connectivity index (χ1n) is 12.2. The highest BCUT2D eigenvalue weighted by Gasteiger charge is 2.45. The SMILES string of the molecule is CCCOC(=O)c1cccc(N2C(=O)C(O)=C(C(=O)c3cc4cc(Cl)cc(OC)c4o3)C2c2ccccc2)c1. The standard InChI is InChI=1S/C30H24ClNO7/c1-3-12-38-30(36)18-10-7-11-21(14-18)32-25(17-8-5-4-6-9-17)24(27(34)29(32)35)26(33)22-15-19-13-20(31)16-23(37-2)28(19)39-22/h4-11,13-16,25,34H,3,12H2,1-2H3. The number of rotatable bonds is 8. The van der Waals surface area contributed by atoms with Gasteiger partial charge in [-0.2, -0.15) is 0 Å². The van der Waals surface area contributed by atoms with Crippen LogP contribution in [-0.4, -0.2) is 36.5 Å². The molecule has 0 saturated heterocycles. The number of carbonyl (C=O) groups excluding carboxylic acids is 3. The number of ether oxygens (including phenoxy) is 2. The average molecular weight is 546 g/mol. The van der Waals surface area contributed by atoms with Gasteiger partial charge in [-0.3, -0.25) is 14.5 Å². The Morgan fingerprint density at radius 1 is 1.05 bits per heavy atom. The fourth-order valence-corrected chi connectivity index (χ4v) is 4.81. The van der Waals surface area contributed by atoms with Gasteiger partial charge in [0.1, 0.15) is 0 Å². The number of carbonyl (C=O) groups is 3. The summed E-state index contributed by atoms with van der Waals surface area (Å²) in [6.45, 7) is 2.14. The van der Waals surface area contributed by atoms with E-state index in [4.69, 9.17) is 25.5 Å². The molecule has 0 aliphatic carbocycles. The average Bonchev–Trinajstić information content (AvgIpc) is 3.50. The third kappa shape index (κ3) is 4.75. The Morgan fingerprint density at radius 3 is 2.54 bits per heavy atom. The molecule has 9 heteroatoms. The minimum absolute atomic E-state index is 0.0976. The normalized spacial score (nSPS) is 15.2. The van der Waals surface area contributed by atoms with E-state index in [-0.39, 0.29) is 23.5 Å². The van der Waals surface area contributed by atoms with E-state index in [9.17, 15) is 19.5 Å². The van der Waals surface area contributed by atoms with Crippen LogP contribution in [-0.2, 0) is 9.53 Å². The predicted molar refractivity (Wildman–Crippen MR) is 145 cm³/mol. The van der Waals surface area contributed by atoms with Crippen LogP contribution >= 0.6 is 11.6 Å². The fraction of sp³-hybridized carbons (Fsp3) is 0.167. The Labute approximate surface area is 229 Å². The molecule has 1 amide bonds. The van der Waals surface area contributed by atoms with Crippen LogP contribution in [0.25, 0.3) is 11.0 Å². The summed E-state index contributed by atoms with van der Waals surface area (Å²) in [6.07, 6.45) is 0.662. The molecule has 0 fully saturated rings. The van der Waals surface area contributed by atoms with Gasteiger partial charge in [-0.25, -0.2) is 4.79 Å². The minimum atomic E-state index is -0.994. The number of furan rings is 1. The largest absolute Gasteiger partial charge is 0.503 e. The zero-order chi connectivity index (χ0) is 27.7. The van der Waals surface area contributed by atoms with Crippen LogP contribution in [0.1, 0.15) is 45.9 Å². The second-order valence-corrected chi connectivity index (χ2v) is 9.34. The topological polar surface area (TPSA) is 106 Å². The first-order valence-corrected chi connectivity index (χ1v) is 12.6. The number of ketones is 1. The molecule has 5 rings (SSSR count). The van der Waals surface area contributed by atoms with Gasteiger partial charge in [0.2, 0.25) is 5.78 Å². The van der Waals surface area contributed by atoms with E-state index in [0.29, 0.717) is 39.4 Å². The van der Waals surface area contributed by atoms with Crippen molar-refractivity contribution in [3.8, 4) is 5.75 Å². The van der Waals surface area contributed by atoms with Crippen molar-refractivity contribution in [1.29, 1.82) is 0 Å². The number of aliphatic hydroxyl groups excluding tert-OH is 1. The number of benzene rings is 3. The van der Waals surface area contributed by atoms with E-state index < -0.39 is 29.5 Å². The highest BCUT2D eigenvalue weighted by atomic mass is 35.5. The molecule has 4 aromatic rings. The molecule has 8 nitrogen and oxygen atoms in total. The molecule has 1 aromatic heterocycles. The Morgan fingerprint density at radius 2 is 1.82 bits per heavy atom. The van der Waals surface area contributed by atoms with Gasteiger partial charge in [0.15, 0.2) is 22.9 Å². The summed E-state index contributed by atoms with van der Waals surface area (Å²) in [5, 5.41) is 12.0. The molecule has 0 radical (unpaired) electrons. The van der Waals surface area contributed by atoms with Crippen LogP contribution in [0.3, 0.4) is 0 Å². The predicted octanol–water partition coefficient (Wildman–Crippen LogP) is 6.44. The van der Waals surface area contributed by atoms with Crippen molar-refractivity contribution in [3.63, 3.8) is 0 Å². The first kappa shape index (κ1) is 26.1. The number of anilines is 1. The summed E-state index contributed by atoms with van der Waals surface area (Å²) in [4.78, 5) is 41.2. The highest BCUT2D eigenvalue weighted by molar-refractivity contribution is 6.31. The van der Waals surface area contributed by atoms with E-state index in [1.54, 1.807) is 60.7 Å². The summed E-state index contributed by atoms with van der Waals surface area (Å²) in [7, 11) is 1.45. The zero-order valence-electron chi connectivity index (χ0n) is 21.1. The van der Waals surface area contributed by atoms with Crippen LogP contribution in [0, 0.1) is 0 Å². The Hall–Kier alpha value is -4.56. The van der Waals surface area contributed by atoms with Gasteiger partial charge in [-0.15, -0.1) is 0 Å². The summed E-state index contributed by atoms with van der Waals surface area (Å²) in [5.74, 6) is -2.47. The number of fused-ring (bicyclic) bond motifs is 1. The molecule has 1 aliphatic heterocycles. The lowest BCUT2D eigenvalue weighted by Gasteiger charge is -2.27. The number of Topliss-reactive ketones (excluding diaryl/α,β-unsaturated/α-hetero) is 1. The number of halogens is 1.